The van der Waals surface area contributed by atoms with Gasteiger partial charge >= 0.3 is 0 Å². The van der Waals surface area contributed by atoms with Crippen LogP contribution in [0.4, 0.5) is 0 Å². The summed E-state index contributed by atoms with van der Waals surface area (Å²) in [5, 5.41) is 11.1. The van der Waals surface area contributed by atoms with Crippen LogP contribution in [0.5, 0.6) is 11.5 Å². The molecule has 2 aromatic carbocycles. The van der Waals surface area contributed by atoms with Gasteiger partial charge in [-0.1, -0.05) is 48.5 Å². The number of carbonyl (C=O) groups is 2. The summed E-state index contributed by atoms with van der Waals surface area (Å²) in [6.45, 7) is 0.134. The number of aromatic nitrogens is 1. The maximum atomic E-state index is 13.2. The zero-order valence-corrected chi connectivity index (χ0v) is 17.7. The van der Waals surface area contributed by atoms with E-state index in [-0.39, 0.29) is 17.9 Å². The number of amides is 1. The minimum atomic E-state index is -0.875. The molecule has 0 radical (unpaired) electrons. The Labute approximate surface area is 185 Å². The molecule has 1 amide bonds. The second kappa shape index (κ2) is 8.93. The molecule has 0 saturated carbocycles. The Kier molecular flexibility index (Phi) is 5.89. The molecule has 0 bridgehead atoms. The fourth-order valence-corrected chi connectivity index (χ4v) is 3.93. The number of hydrogen-bond acceptors (Lipinski definition) is 6. The van der Waals surface area contributed by atoms with Crippen LogP contribution >= 0.6 is 0 Å². The molecule has 1 aromatic heterocycles. The molecular formula is C25H22N2O5. The van der Waals surface area contributed by atoms with Crippen molar-refractivity contribution in [3.8, 4) is 11.5 Å². The number of nitrogens with zero attached hydrogens (tertiary/aromatic N) is 2. The van der Waals surface area contributed by atoms with Gasteiger partial charge in [-0.3, -0.25) is 14.6 Å². The number of rotatable bonds is 6. The normalized spacial score (nSPS) is 17.4. The van der Waals surface area contributed by atoms with Crippen LogP contribution in [0.3, 0.4) is 0 Å². The number of para-hydroxylation sites is 1. The summed E-state index contributed by atoms with van der Waals surface area (Å²) in [4.78, 5) is 31.8. The average Bonchev–Trinajstić information content (AvgIpc) is 3.09. The van der Waals surface area contributed by atoms with E-state index in [0.29, 0.717) is 22.6 Å². The standard InChI is InChI=1S/C25H22N2O5/c1-31-19-12-6-11-18(24(19)32-2)21-20(22(28)17-9-4-3-5-10-17)23(29)25(30)27(21)15-16-8-7-13-26-14-16/h3-14,21,28H,15H2,1-2H3/b22-20-. The molecule has 3 aromatic rings. The summed E-state index contributed by atoms with van der Waals surface area (Å²) < 4.78 is 11.0. The first-order valence-corrected chi connectivity index (χ1v) is 10.0. The first-order valence-electron chi connectivity index (χ1n) is 10.0. The quantitative estimate of drug-likeness (QED) is 0.364. The van der Waals surface area contributed by atoms with Crippen molar-refractivity contribution in [1.82, 2.24) is 9.88 Å². The Balaban J connectivity index is 1.94. The Morgan fingerprint density at radius 3 is 2.44 bits per heavy atom. The highest BCUT2D eigenvalue weighted by Gasteiger charge is 2.47. The van der Waals surface area contributed by atoms with E-state index < -0.39 is 17.7 Å². The second-order valence-corrected chi connectivity index (χ2v) is 7.24. The van der Waals surface area contributed by atoms with Gasteiger partial charge in [-0.05, 0) is 17.7 Å². The van der Waals surface area contributed by atoms with E-state index in [4.69, 9.17) is 9.47 Å². The molecule has 7 heteroatoms. The molecule has 7 nitrogen and oxygen atoms in total. The largest absolute Gasteiger partial charge is 0.507 e. The van der Waals surface area contributed by atoms with Crippen molar-refractivity contribution in [3.63, 3.8) is 0 Å². The molecule has 1 atom stereocenters. The van der Waals surface area contributed by atoms with Crippen LogP contribution < -0.4 is 9.47 Å². The van der Waals surface area contributed by atoms with Gasteiger partial charge in [0.2, 0.25) is 0 Å². The van der Waals surface area contributed by atoms with E-state index in [9.17, 15) is 14.7 Å². The topological polar surface area (TPSA) is 89.0 Å². The van der Waals surface area contributed by atoms with Gasteiger partial charge in [0.1, 0.15) is 5.76 Å². The SMILES string of the molecule is COc1cccc(C2/C(=C(/O)c3ccccc3)C(=O)C(=O)N2Cc2cccnc2)c1OC. The van der Waals surface area contributed by atoms with Gasteiger partial charge in [-0.2, -0.15) is 0 Å². The fraction of sp³-hybridized carbons (Fsp3) is 0.160. The number of hydrogen-bond donors (Lipinski definition) is 1. The van der Waals surface area contributed by atoms with Crippen molar-refractivity contribution < 1.29 is 24.2 Å². The van der Waals surface area contributed by atoms with Crippen LogP contribution in [0.15, 0.2) is 78.6 Å². The van der Waals surface area contributed by atoms with Gasteiger partial charge in [0.25, 0.3) is 11.7 Å². The van der Waals surface area contributed by atoms with Gasteiger partial charge in [0.15, 0.2) is 11.5 Å². The van der Waals surface area contributed by atoms with Gasteiger partial charge in [-0.15, -0.1) is 0 Å². The Morgan fingerprint density at radius 2 is 1.78 bits per heavy atom. The molecule has 0 aliphatic carbocycles. The molecule has 162 valence electrons. The van der Waals surface area contributed by atoms with Crippen LogP contribution in [0.1, 0.15) is 22.7 Å². The minimum absolute atomic E-state index is 0.00311. The highest BCUT2D eigenvalue weighted by atomic mass is 16.5. The highest BCUT2D eigenvalue weighted by Crippen LogP contribution is 2.45. The summed E-state index contributed by atoms with van der Waals surface area (Å²) >= 11 is 0. The lowest BCUT2D eigenvalue weighted by Gasteiger charge is -2.27. The van der Waals surface area contributed by atoms with Crippen LogP contribution in [0.25, 0.3) is 5.76 Å². The summed E-state index contributed by atoms with van der Waals surface area (Å²) in [6, 6.07) is 16.6. The molecule has 1 unspecified atom stereocenters. The van der Waals surface area contributed by atoms with Crippen LogP contribution in [0, 0.1) is 0 Å². The number of likely N-dealkylation sites (tertiary alicyclic amines) is 1. The van der Waals surface area contributed by atoms with Gasteiger partial charge in [-0.25, -0.2) is 0 Å². The van der Waals surface area contributed by atoms with E-state index in [1.807, 2.05) is 6.07 Å². The number of Topliss-reactive ketones (excluding diaryl/α,β-unsaturated/α-hetero) is 1. The van der Waals surface area contributed by atoms with Crippen molar-refractivity contribution in [2.24, 2.45) is 0 Å². The molecule has 1 saturated heterocycles. The number of aliphatic hydroxyl groups is 1. The van der Waals surface area contributed by atoms with Crippen molar-refractivity contribution in [1.29, 1.82) is 0 Å². The molecule has 1 N–H and O–H groups in total. The molecule has 32 heavy (non-hydrogen) atoms. The number of methoxy groups -OCH3 is 2. The third kappa shape index (κ3) is 3.69. The Morgan fingerprint density at radius 1 is 1.00 bits per heavy atom. The molecule has 0 spiro atoms. The van der Waals surface area contributed by atoms with Crippen LogP contribution in [-0.4, -0.2) is 40.9 Å². The zero-order valence-electron chi connectivity index (χ0n) is 17.7. The first kappa shape index (κ1) is 21.1. The van der Waals surface area contributed by atoms with E-state index in [2.05, 4.69) is 4.98 Å². The predicted molar refractivity (Wildman–Crippen MR) is 118 cm³/mol. The lowest BCUT2D eigenvalue weighted by atomic mass is 9.94. The van der Waals surface area contributed by atoms with E-state index in [1.165, 1.54) is 19.1 Å². The molecule has 1 aliphatic rings. The second-order valence-electron chi connectivity index (χ2n) is 7.24. The highest BCUT2D eigenvalue weighted by molar-refractivity contribution is 6.46. The van der Waals surface area contributed by atoms with Crippen LogP contribution in [-0.2, 0) is 16.1 Å². The molecule has 1 fully saturated rings. The number of ether oxygens (including phenoxy) is 2. The van der Waals surface area contributed by atoms with Crippen molar-refractivity contribution in [2.45, 2.75) is 12.6 Å². The third-order valence-corrected chi connectivity index (χ3v) is 5.39. The molecule has 1 aliphatic heterocycles. The first-order chi connectivity index (χ1) is 15.6. The number of ketones is 1. The zero-order chi connectivity index (χ0) is 22.7. The molecule has 4 rings (SSSR count). The lowest BCUT2D eigenvalue weighted by Crippen LogP contribution is -2.29. The summed E-state index contributed by atoms with van der Waals surface area (Å²) in [6.07, 6.45) is 3.27. The van der Waals surface area contributed by atoms with Gasteiger partial charge < -0.3 is 19.5 Å². The number of benzene rings is 2. The van der Waals surface area contributed by atoms with Crippen molar-refractivity contribution in [2.75, 3.05) is 14.2 Å². The van der Waals surface area contributed by atoms with Crippen molar-refractivity contribution >= 4 is 17.4 Å². The lowest BCUT2D eigenvalue weighted by molar-refractivity contribution is -0.140. The van der Waals surface area contributed by atoms with Crippen molar-refractivity contribution in [3.05, 3.63) is 95.3 Å². The van der Waals surface area contributed by atoms with E-state index in [1.54, 1.807) is 67.0 Å². The Hall–Kier alpha value is -4.13. The number of aliphatic hydroxyl groups excluding tert-OH is 1. The van der Waals surface area contributed by atoms with Gasteiger partial charge in [0.05, 0.1) is 25.8 Å². The number of carbonyl (C=O) groups excluding carboxylic acids is 2. The Bertz CT molecular complexity index is 1180. The predicted octanol–water partition coefficient (Wildman–Crippen LogP) is 3.72. The van der Waals surface area contributed by atoms with E-state index >= 15 is 0 Å². The average molecular weight is 430 g/mol. The summed E-state index contributed by atoms with van der Waals surface area (Å²) in [5.41, 5.74) is 1.73. The fourth-order valence-electron chi connectivity index (χ4n) is 3.93. The smallest absolute Gasteiger partial charge is 0.295 e. The maximum Gasteiger partial charge on any atom is 0.295 e. The monoisotopic (exact) mass is 430 g/mol. The minimum Gasteiger partial charge on any atom is -0.507 e. The molecule has 2 heterocycles. The van der Waals surface area contributed by atoms with Crippen LogP contribution in [0.2, 0.25) is 0 Å². The van der Waals surface area contributed by atoms with Gasteiger partial charge in [0, 0.05) is 30.1 Å². The maximum absolute atomic E-state index is 13.2. The summed E-state index contributed by atoms with van der Waals surface area (Å²) in [7, 11) is 3.00. The molecular weight excluding hydrogens is 408 g/mol. The summed E-state index contributed by atoms with van der Waals surface area (Å²) in [5.74, 6) is -0.868. The number of pyridine rings is 1. The third-order valence-electron chi connectivity index (χ3n) is 5.39. The van der Waals surface area contributed by atoms with E-state index in [0.717, 1.165) is 5.56 Å².